The van der Waals surface area contributed by atoms with Gasteiger partial charge in [0.2, 0.25) is 5.91 Å². The summed E-state index contributed by atoms with van der Waals surface area (Å²) in [5, 5.41) is 2.80. The van der Waals surface area contributed by atoms with Crippen LogP contribution in [0.15, 0.2) is 30.3 Å². The molecule has 3 heterocycles. The number of fused-ring (bicyclic) bond motifs is 1. The number of ether oxygens (including phenoxy) is 2. The number of unbranched alkanes of at least 4 members (excludes halogenated alkanes) is 1. The van der Waals surface area contributed by atoms with Crippen LogP contribution in [0.3, 0.4) is 0 Å². The van der Waals surface area contributed by atoms with Crippen LogP contribution < -0.4 is 10.2 Å². The van der Waals surface area contributed by atoms with Gasteiger partial charge in [-0.1, -0.05) is 39.3 Å². The van der Waals surface area contributed by atoms with Gasteiger partial charge in [0, 0.05) is 50.9 Å². The van der Waals surface area contributed by atoms with E-state index in [1.165, 1.54) is 18.2 Å². The summed E-state index contributed by atoms with van der Waals surface area (Å²) in [7, 11) is 0. The number of rotatable bonds is 11. The largest absolute Gasteiger partial charge is 0.466 e. The zero-order chi connectivity index (χ0) is 35.5. The third kappa shape index (κ3) is 8.24. The molecule has 4 atom stereocenters. The van der Waals surface area contributed by atoms with Gasteiger partial charge in [0.05, 0.1) is 24.7 Å². The Hall–Kier alpha value is -4.43. The van der Waals surface area contributed by atoms with Crippen molar-refractivity contribution in [2.45, 2.75) is 52.8 Å². The molecule has 1 aliphatic carbocycles. The van der Waals surface area contributed by atoms with Gasteiger partial charge in [-0.25, -0.2) is 14.8 Å². The standard InChI is InChI=1S/C34H43F3N6O6/c1-5-7-15-49-33(47)42-13-11-41(12-14-42)31(45)28(20(3)4)40-30(44)25-17-26(43-18-23-24(19-43)27(23)32(46)48-6-2)39-29(38-25)21-9-8-10-22(16-21)34(35,36)37/h8-10,16-17,20,23-24,27-28H,5-7,11-15,18-19H2,1-4H3,(H,40,44)/t23-,24+,27?,28-/m0/s1. The van der Waals surface area contributed by atoms with Crippen LogP contribution in [0, 0.1) is 23.7 Å². The van der Waals surface area contributed by atoms with Crippen molar-refractivity contribution in [2.24, 2.45) is 23.7 Å². The number of benzene rings is 1. The number of amides is 3. The Labute approximate surface area is 283 Å². The fraction of sp³-hybridized carbons (Fsp3) is 0.588. The summed E-state index contributed by atoms with van der Waals surface area (Å²) in [6, 6.07) is 5.09. The molecule has 3 amide bonds. The number of nitrogens with one attached hydrogen (secondary N) is 1. The Morgan fingerprint density at radius 3 is 2.24 bits per heavy atom. The molecule has 2 aromatic rings. The third-order valence-electron chi connectivity index (χ3n) is 9.26. The maximum atomic E-state index is 13.8. The third-order valence-corrected chi connectivity index (χ3v) is 9.26. The van der Waals surface area contributed by atoms with Gasteiger partial charge < -0.3 is 29.5 Å². The molecule has 15 heteroatoms. The van der Waals surface area contributed by atoms with E-state index in [0.717, 1.165) is 25.0 Å². The topological polar surface area (TPSA) is 134 Å². The molecule has 2 aliphatic heterocycles. The molecule has 1 aromatic heterocycles. The first kappa shape index (κ1) is 35.9. The number of anilines is 1. The molecule has 1 unspecified atom stereocenters. The van der Waals surface area contributed by atoms with Crippen LogP contribution in [0.1, 0.15) is 56.6 Å². The Morgan fingerprint density at radius 2 is 1.63 bits per heavy atom. The Balaban J connectivity index is 1.34. The Bertz CT molecular complexity index is 1530. The van der Waals surface area contributed by atoms with Crippen molar-refractivity contribution < 1.29 is 41.8 Å². The summed E-state index contributed by atoms with van der Waals surface area (Å²) in [4.78, 5) is 66.1. The van der Waals surface area contributed by atoms with Crippen LogP contribution in [0.4, 0.5) is 23.8 Å². The number of piperazine rings is 1. The highest BCUT2D eigenvalue weighted by Gasteiger charge is 2.60. The van der Waals surface area contributed by atoms with Crippen molar-refractivity contribution in [2.75, 3.05) is 57.4 Å². The predicted octanol–water partition coefficient (Wildman–Crippen LogP) is 4.24. The van der Waals surface area contributed by atoms with E-state index in [1.54, 1.807) is 30.6 Å². The highest BCUT2D eigenvalue weighted by molar-refractivity contribution is 5.97. The summed E-state index contributed by atoms with van der Waals surface area (Å²) in [5.41, 5.74) is -0.926. The number of hydrogen-bond acceptors (Lipinski definition) is 9. The second-order valence-corrected chi connectivity index (χ2v) is 13.0. The minimum absolute atomic E-state index is 0.0462. The lowest BCUT2D eigenvalue weighted by atomic mass is 10.0. The highest BCUT2D eigenvalue weighted by atomic mass is 19.4. The number of carbonyl (C=O) groups excluding carboxylic acids is 4. The number of piperidine rings is 1. The van der Waals surface area contributed by atoms with Gasteiger partial charge in [-0.15, -0.1) is 0 Å². The van der Waals surface area contributed by atoms with Gasteiger partial charge in [-0.3, -0.25) is 14.4 Å². The van der Waals surface area contributed by atoms with E-state index < -0.39 is 29.8 Å². The van der Waals surface area contributed by atoms with Crippen molar-refractivity contribution in [1.29, 1.82) is 0 Å². The van der Waals surface area contributed by atoms with E-state index in [4.69, 9.17) is 9.47 Å². The van der Waals surface area contributed by atoms with Gasteiger partial charge in [-0.2, -0.15) is 13.2 Å². The van der Waals surface area contributed by atoms with E-state index in [2.05, 4.69) is 15.3 Å². The quantitative estimate of drug-likeness (QED) is 0.272. The molecule has 1 N–H and O–H groups in total. The van der Waals surface area contributed by atoms with Gasteiger partial charge >= 0.3 is 18.2 Å². The number of alkyl halides is 3. The molecule has 266 valence electrons. The fourth-order valence-corrected chi connectivity index (χ4v) is 6.41. The molecule has 49 heavy (non-hydrogen) atoms. The fourth-order valence-electron chi connectivity index (χ4n) is 6.41. The van der Waals surface area contributed by atoms with Gasteiger partial charge in [0.25, 0.3) is 5.91 Å². The van der Waals surface area contributed by atoms with Crippen molar-refractivity contribution >= 4 is 29.7 Å². The molecule has 12 nitrogen and oxygen atoms in total. The lowest BCUT2D eigenvalue weighted by molar-refractivity contribution is -0.145. The maximum Gasteiger partial charge on any atom is 0.416 e. The molecule has 3 fully saturated rings. The van der Waals surface area contributed by atoms with Crippen molar-refractivity contribution in [3.05, 3.63) is 41.6 Å². The van der Waals surface area contributed by atoms with E-state index in [0.29, 0.717) is 38.6 Å². The number of esters is 1. The zero-order valence-corrected chi connectivity index (χ0v) is 28.2. The highest BCUT2D eigenvalue weighted by Crippen LogP contribution is 2.53. The number of hydrogen-bond donors (Lipinski definition) is 1. The molecule has 5 rings (SSSR count). The lowest BCUT2D eigenvalue weighted by Crippen LogP contribution is -2.57. The average Bonchev–Trinajstić information content (AvgIpc) is 3.59. The molecule has 1 aromatic carbocycles. The van der Waals surface area contributed by atoms with Crippen LogP contribution in [0.2, 0.25) is 0 Å². The first-order valence-electron chi connectivity index (χ1n) is 16.8. The summed E-state index contributed by atoms with van der Waals surface area (Å²) in [5.74, 6) is -1.44. The van der Waals surface area contributed by atoms with Gasteiger partial charge in [-0.05, 0) is 43.2 Å². The molecular formula is C34H43F3N6O6. The number of aromatic nitrogens is 2. The van der Waals surface area contributed by atoms with Crippen LogP contribution in [0.25, 0.3) is 11.4 Å². The van der Waals surface area contributed by atoms with Crippen LogP contribution in [-0.2, 0) is 25.2 Å². The molecule has 0 spiro atoms. The Morgan fingerprint density at radius 1 is 0.959 bits per heavy atom. The first-order valence-corrected chi connectivity index (χ1v) is 16.8. The van der Waals surface area contributed by atoms with Gasteiger partial charge in [0.1, 0.15) is 17.6 Å². The van der Waals surface area contributed by atoms with Crippen molar-refractivity contribution in [1.82, 2.24) is 25.1 Å². The van der Waals surface area contributed by atoms with Gasteiger partial charge in [0.15, 0.2) is 5.82 Å². The molecule has 1 saturated carbocycles. The predicted molar refractivity (Wildman–Crippen MR) is 172 cm³/mol. The van der Waals surface area contributed by atoms with Crippen LogP contribution >= 0.6 is 0 Å². The summed E-state index contributed by atoms with van der Waals surface area (Å²) in [6.07, 6.45) is -3.35. The van der Waals surface area contributed by atoms with E-state index in [-0.39, 0.29) is 72.3 Å². The number of carbonyl (C=O) groups is 4. The van der Waals surface area contributed by atoms with E-state index in [1.807, 2.05) is 11.8 Å². The first-order chi connectivity index (χ1) is 23.3. The summed E-state index contributed by atoms with van der Waals surface area (Å²) >= 11 is 0. The molecule has 0 bridgehead atoms. The number of nitrogens with zero attached hydrogens (tertiary/aromatic N) is 5. The number of halogens is 3. The smallest absolute Gasteiger partial charge is 0.416 e. The van der Waals surface area contributed by atoms with Crippen molar-refractivity contribution in [3.8, 4) is 11.4 Å². The molecule has 0 radical (unpaired) electrons. The lowest BCUT2D eigenvalue weighted by Gasteiger charge is -2.36. The van der Waals surface area contributed by atoms with E-state index in [9.17, 15) is 32.3 Å². The second kappa shape index (κ2) is 15.0. The average molecular weight is 689 g/mol. The molecule has 2 saturated heterocycles. The van der Waals surface area contributed by atoms with Crippen LogP contribution in [-0.4, -0.2) is 102 Å². The summed E-state index contributed by atoms with van der Waals surface area (Å²) in [6.45, 7) is 9.98. The summed E-state index contributed by atoms with van der Waals surface area (Å²) < 4.78 is 51.2. The second-order valence-electron chi connectivity index (χ2n) is 13.0. The van der Waals surface area contributed by atoms with E-state index >= 15 is 0 Å². The minimum atomic E-state index is -4.60. The molecule has 3 aliphatic rings. The normalized spacial score (nSPS) is 20.9. The minimum Gasteiger partial charge on any atom is -0.466 e. The SMILES string of the molecule is CCCCOC(=O)N1CCN(C(=O)[C@@H](NC(=O)c2cc(N3C[C@@H]4C(C(=O)OCC)[C@@H]4C3)nc(-c3cccc(C(F)(F)F)c3)n2)C(C)C)CC1. The molecular weight excluding hydrogens is 645 g/mol. The van der Waals surface area contributed by atoms with Crippen LogP contribution in [0.5, 0.6) is 0 Å². The van der Waals surface area contributed by atoms with Crippen molar-refractivity contribution in [3.63, 3.8) is 0 Å². The Kier molecular flexibility index (Phi) is 11.0. The monoisotopic (exact) mass is 688 g/mol. The zero-order valence-electron chi connectivity index (χ0n) is 28.2. The maximum absolute atomic E-state index is 13.8.